The first kappa shape index (κ1) is 14.1. The summed E-state index contributed by atoms with van der Waals surface area (Å²) in [6.07, 6.45) is 5.20. The third-order valence-corrected chi connectivity index (χ3v) is 5.18. The van der Waals surface area contributed by atoms with Gasteiger partial charge in [-0.2, -0.15) is 0 Å². The molecule has 100 valence electrons. The maximum Gasteiger partial charge on any atom is 0.0299 e. The predicted octanol–water partition coefficient (Wildman–Crippen LogP) is 4.11. The summed E-state index contributed by atoms with van der Waals surface area (Å²) in [6.45, 7) is 6.13. The average Bonchev–Trinajstić information content (AvgIpc) is 2.40. The molecule has 0 saturated carbocycles. The number of alkyl halides is 1. The summed E-state index contributed by atoms with van der Waals surface area (Å²) in [5.41, 5.74) is 1.48. The highest BCUT2D eigenvalue weighted by molar-refractivity contribution is 9.09. The topological polar surface area (TPSA) is 3.24 Å². The van der Waals surface area contributed by atoms with Crippen LogP contribution < -0.4 is 0 Å². The zero-order chi connectivity index (χ0) is 12.8. The van der Waals surface area contributed by atoms with Crippen molar-refractivity contribution in [3.05, 3.63) is 35.9 Å². The Morgan fingerprint density at radius 1 is 1.22 bits per heavy atom. The third-order valence-electron chi connectivity index (χ3n) is 3.98. The Morgan fingerprint density at radius 2 is 2.00 bits per heavy atom. The largest absolute Gasteiger partial charge is 0.302 e. The van der Waals surface area contributed by atoms with Crippen LogP contribution in [0, 0.1) is 5.92 Å². The van der Waals surface area contributed by atoms with Crippen molar-refractivity contribution < 1.29 is 0 Å². The zero-order valence-electron chi connectivity index (χ0n) is 11.3. The molecule has 2 unspecified atom stereocenters. The van der Waals surface area contributed by atoms with Crippen molar-refractivity contribution in [3.63, 3.8) is 0 Å². The summed E-state index contributed by atoms with van der Waals surface area (Å²) >= 11 is 3.80. The number of hydrogen-bond acceptors (Lipinski definition) is 1. The van der Waals surface area contributed by atoms with Crippen molar-refractivity contribution in [2.75, 3.05) is 19.6 Å². The Morgan fingerprint density at radius 3 is 2.72 bits per heavy atom. The second kappa shape index (κ2) is 7.30. The molecule has 1 aromatic carbocycles. The number of likely N-dealkylation sites (tertiary alicyclic amines) is 1. The molecule has 1 nitrogen and oxygen atoms in total. The van der Waals surface area contributed by atoms with Crippen LogP contribution in [0.5, 0.6) is 0 Å². The quantitative estimate of drug-likeness (QED) is 0.584. The molecule has 1 aromatic rings. The fourth-order valence-corrected chi connectivity index (χ4v) is 3.27. The van der Waals surface area contributed by atoms with Crippen LogP contribution >= 0.6 is 15.9 Å². The van der Waals surface area contributed by atoms with Crippen LogP contribution in [-0.4, -0.2) is 29.4 Å². The first-order valence-electron chi connectivity index (χ1n) is 7.16. The number of rotatable bonds is 5. The van der Waals surface area contributed by atoms with E-state index in [1.165, 1.54) is 50.9 Å². The number of nitrogens with zero attached hydrogens (tertiary/aromatic N) is 1. The molecule has 1 aliphatic heterocycles. The van der Waals surface area contributed by atoms with Crippen molar-refractivity contribution in [2.24, 2.45) is 5.92 Å². The normalized spacial score (nSPS) is 25.2. The lowest BCUT2D eigenvalue weighted by Crippen LogP contribution is -2.40. The minimum Gasteiger partial charge on any atom is -0.302 e. The molecule has 0 radical (unpaired) electrons. The molecule has 0 spiro atoms. The summed E-state index contributed by atoms with van der Waals surface area (Å²) in [5, 5.41) is 0. The molecule has 0 N–H and O–H groups in total. The van der Waals surface area contributed by atoms with Gasteiger partial charge in [-0.1, -0.05) is 53.2 Å². The van der Waals surface area contributed by atoms with Crippen molar-refractivity contribution in [1.29, 1.82) is 0 Å². The van der Waals surface area contributed by atoms with E-state index in [-0.39, 0.29) is 0 Å². The molecule has 2 rings (SSSR count). The van der Waals surface area contributed by atoms with Gasteiger partial charge in [-0.05, 0) is 50.3 Å². The standard InChI is InChI=1S/C16H24BrN/c1-14-10-12-18(13-16(14)17)11-6-5-9-15-7-3-2-4-8-15/h2-4,7-8,14,16H,5-6,9-13H2,1H3. The van der Waals surface area contributed by atoms with E-state index >= 15 is 0 Å². The molecule has 18 heavy (non-hydrogen) atoms. The predicted molar refractivity (Wildman–Crippen MR) is 82.3 cm³/mol. The van der Waals surface area contributed by atoms with Gasteiger partial charge in [0, 0.05) is 11.4 Å². The Kier molecular flexibility index (Phi) is 5.71. The Hall–Kier alpha value is -0.340. The third kappa shape index (κ3) is 4.40. The van der Waals surface area contributed by atoms with E-state index in [1.807, 2.05) is 0 Å². The van der Waals surface area contributed by atoms with Crippen molar-refractivity contribution in [3.8, 4) is 0 Å². The molecule has 0 amide bonds. The number of unbranched alkanes of at least 4 members (excludes halogenated alkanes) is 1. The molecular formula is C16H24BrN. The van der Waals surface area contributed by atoms with E-state index in [9.17, 15) is 0 Å². The van der Waals surface area contributed by atoms with Gasteiger partial charge < -0.3 is 4.90 Å². The van der Waals surface area contributed by atoms with Crippen molar-refractivity contribution >= 4 is 15.9 Å². The van der Waals surface area contributed by atoms with Crippen LogP contribution in [0.4, 0.5) is 0 Å². The van der Waals surface area contributed by atoms with Gasteiger partial charge in [0.15, 0.2) is 0 Å². The van der Waals surface area contributed by atoms with Crippen molar-refractivity contribution in [1.82, 2.24) is 4.90 Å². The highest BCUT2D eigenvalue weighted by Crippen LogP contribution is 2.23. The molecule has 2 heteroatoms. The number of piperidine rings is 1. The molecular weight excluding hydrogens is 286 g/mol. The van der Waals surface area contributed by atoms with Gasteiger partial charge in [0.05, 0.1) is 0 Å². The fraction of sp³-hybridized carbons (Fsp3) is 0.625. The van der Waals surface area contributed by atoms with E-state index in [1.54, 1.807) is 0 Å². The highest BCUT2D eigenvalue weighted by Gasteiger charge is 2.23. The molecule has 1 heterocycles. The van der Waals surface area contributed by atoms with Crippen LogP contribution in [0.3, 0.4) is 0 Å². The minimum atomic E-state index is 0.695. The van der Waals surface area contributed by atoms with Crippen LogP contribution in [0.2, 0.25) is 0 Å². The maximum absolute atomic E-state index is 3.80. The molecule has 1 saturated heterocycles. The lowest BCUT2D eigenvalue weighted by atomic mass is 9.98. The smallest absolute Gasteiger partial charge is 0.0299 e. The molecule has 2 atom stereocenters. The SMILES string of the molecule is CC1CCN(CCCCc2ccccc2)CC1Br. The van der Waals surface area contributed by atoms with Gasteiger partial charge in [0.1, 0.15) is 0 Å². The summed E-state index contributed by atoms with van der Waals surface area (Å²) in [5.74, 6) is 0.838. The Labute approximate surface area is 120 Å². The maximum atomic E-state index is 3.80. The van der Waals surface area contributed by atoms with Crippen LogP contribution in [0.25, 0.3) is 0 Å². The molecule has 0 bridgehead atoms. The van der Waals surface area contributed by atoms with Gasteiger partial charge in [0.25, 0.3) is 0 Å². The zero-order valence-corrected chi connectivity index (χ0v) is 12.9. The average molecular weight is 310 g/mol. The fourth-order valence-electron chi connectivity index (χ4n) is 2.60. The molecule has 0 aromatic heterocycles. The van der Waals surface area contributed by atoms with Crippen LogP contribution in [0.1, 0.15) is 31.7 Å². The van der Waals surface area contributed by atoms with Gasteiger partial charge in [-0.25, -0.2) is 0 Å². The minimum absolute atomic E-state index is 0.695. The highest BCUT2D eigenvalue weighted by atomic mass is 79.9. The Balaban J connectivity index is 1.61. The van der Waals surface area contributed by atoms with E-state index in [2.05, 4.69) is 58.1 Å². The van der Waals surface area contributed by atoms with Gasteiger partial charge in [-0.3, -0.25) is 0 Å². The van der Waals surface area contributed by atoms with E-state index in [0.29, 0.717) is 4.83 Å². The van der Waals surface area contributed by atoms with E-state index in [4.69, 9.17) is 0 Å². The monoisotopic (exact) mass is 309 g/mol. The second-order valence-corrected chi connectivity index (χ2v) is 6.70. The second-order valence-electron chi connectivity index (χ2n) is 5.53. The van der Waals surface area contributed by atoms with Crippen LogP contribution in [0.15, 0.2) is 30.3 Å². The number of benzene rings is 1. The first-order chi connectivity index (χ1) is 8.75. The Bertz CT molecular complexity index is 338. The van der Waals surface area contributed by atoms with Gasteiger partial charge in [-0.15, -0.1) is 0 Å². The lowest BCUT2D eigenvalue weighted by molar-refractivity contribution is 0.198. The first-order valence-corrected chi connectivity index (χ1v) is 8.07. The summed E-state index contributed by atoms with van der Waals surface area (Å²) in [6, 6.07) is 10.8. The van der Waals surface area contributed by atoms with Gasteiger partial charge in [0.2, 0.25) is 0 Å². The molecule has 1 aliphatic rings. The van der Waals surface area contributed by atoms with E-state index in [0.717, 1.165) is 5.92 Å². The number of hydrogen-bond donors (Lipinski definition) is 0. The lowest BCUT2D eigenvalue weighted by Gasteiger charge is -2.34. The van der Waals surface area contributed by atoms with Gasteiger partial charge >= 0.3 is 0 Å². The van der Waals surface area contributed by atoms with E-state index < -0.39 is 0 Å². The van der Waals surface area contributed by atoms with Crippen molar-refractivity contribution in [2.45, 2.75) is 37.4 Å². The molecule has 0 aliphatic carbocycles. The summed E-state index contributed by atoms with van der Waals surface area (Å²) < 4.78 is 0. The summed E-state index contributed by atoms with van der Waals surface area (Å²) in [7, 11) is 0. The summed E-state index contributed by atoms with van der Waals surface area (Å²) in [4.78, 5) is 3.31. The van der Waals surface area contributed by atoms with Crippen LogP contribution in [-0.2, 0) is 6.42 Å². The number of halogens is 1. The molecule has 1 fully saturated rings. The number of aryl methyl sites for hydroxylation is 1.